The summed E-state index contributed by atoms with van der Waals surface area (Å²) in [7, 11) is 0. The number of aryl methyl sites for hydroxylation is 2. The number of hydrogen-bond donors (Lipinski definition) is 2. The van der Waals surface area contributed by atoms with Crippen molar-refractivity contribution in [2.45, 2.75) is 52.1 Å². The van der Waals surface area contributed by atoms with E-state index in [0.29, 0.717) is 18.3 Å². The molecule has 3 aromatic heterocycles. The topological polar surface area (TPSA) is 123 Å². The number of amides is 2. The maximum atomic E-state index is 12.1. The molecule has 0 aliphatic carbocycles. The zero-order valence-electron chi connectivity index (χ0n) is 19.8. The van der Waals surface area contributed by atoms with E-state index in [1.54, 1.807) is 29.4 Å². The van der Waals surface area contributed by atoms with E-state index in [0.717, 1.165) is 32.9 Å². The molecule has 176 valence electrons. The van der Waals surface area contributed by atoms with Gasteiger partial charge in [0.05, 0.1) is 11.7 Å². The summed E-state index contributed by atoms with van der Waals surface area (Å²) in [5.41, 5.74) is 7.50. The van der Waals surface area contributed by atoms with Crippen molar-refractivity contribution in [2.24, 2.45) is 5.73 Å². The van der Waals surface area contributed by atoms with Crippen molar-refractivity contribution in [1.82, 2.24) is 25.0 Å². The van der Waals surface area contributed by atoms with E-state index in [1.165, 1.54) is 4.88 Å². The molecule has 4 aromatic rings. The standard InChI is InChI=1S/C24H27N7O2S/c1-12-19(24(3,4)5)34-22(27-12)18-17(11-31(18)23(25)32)29-21-16-10-15(20-28-13(2)33-30-20)7-6-14(16)8-9-26-21/h6-10,17-18H,11H2,1-5H3,(H2,25,32)(H,26,29). The van der Waals surface area contributed by atoms with E-state index in [2.05, 4.69) is 41.2 Å². The Morgan fingerprint density at radius 2 is 2.03 bits per heavy atom. The maximum absolute atomic E-state index is 12.1. The first-order valence-electron chi connectivity index (χ1n) is 11.1. The predicted octanol–water partition coefficient (Wildman–Crippen LogP) is 4.57. The number of nitrogens with one attached hydrogen (secondary N) is 1. The minimum atomic E-state index is -0.450. The summed E-state index contributed by atoms with van der Waals surface area (Å²) < 4.78 is 5.14. The second-order valence-electron chi connectivity index (χ2n) is 9.64. The Morgan fingerprint density at radius 3 is 2.68 bits per heavy atom. The normalized spacial score (nSPS) is 18.2. The third-order valence-corrected chi connectivity index (χ3v) is 7.67. The molecule has 1 fully saturated rings. The fourth-order valence-electron chi connectivity index (χ4n) is 4.42. The molecule has 9 nitrogen and oxygen atoms in total. The molecular formula is C24H27N7O2S. The highest BCUT2D eigenvalue weighted by Gasteiger charge is 2.45. The Kier molecular flexibility index (Phi) is 5.27. The highest BCUT2D eigenvalue weighted by molar-refractivity contribution is 7.12. The highest BCUT2D eigenvalue weighted by Crippen LogP contribution is 2.41. The molecule has 0 saturated carbocycles. The van der Waals surface area contributed by atoms with Crippen LogP contribution in [-0.2, 0) is 5.41 Å². The van der Waals surface area contributed by atoms with Crippen LogP contribution in [0, 0.1) is 13.8 Å². The van der Waals surface area contributed by atoms with E-state index in [-0.39, 0.29) is 17.5 Å². The van der Waals surface area contributed by atoms with Crippen molar-refractivity contribution in [1.29, 1.82) is 0 Å². The molecule has 0 spiro atoms. The number of urea groups is 1. The first-order chi connectivity index (χ1) is 16.1. The molecule has 1 aromatic carbocycles. The molecule has 2 amide bonds. The van der Waals surface area contributed by atoms with Gasteiger partial charge >= 0.3 is 6.03 Å². The lowest BCUT2D eigenvalue weighted by Crippen LogP contribution is -2.60. The van der Waals surface area contributed by atoms with Gasteiger partial charge in [-0.1, -0.05) is 38.1 Å². The van der Waals surface area contributed by atoms with E-state index < -0.39 is 6.03 Å². The van der Waals surface area contributed by atoms with Crippen molar-refractivity contribution >= 4 is 34.0 Å². The predicted molar refractivity (Wildman–Crippen MR) is 132 cm³/mol. The largest absolute Gasteiger partial charge is 0.363 e. The highest BCUT2D eigenvalue weighted by atomic mass is 32.1. The molecular weight excluding hydrogens is 450 g/mol. The number of hydrogen-bond acceptors (Lipinski definition) is 8. The van der Waals surface area contributed by atoms with Crippen LogP contribution >= 0.6 is 11.3 Å². The summed E-state index contributed by atoms with van der Waals surface area (Å²) in [5, 5.41) is 10.4. The Hall–Kier alpha value is -3.53. The van der Waals surface area contributed by atoms with E-state index in [1.807, 2.05) is 31.2 Å². The summed E-state index contributed by atoms with van der Waals surface area (Å²) in [6, 6.07) is 7.16. The number of aromatic nitrogens is 4. The number of carbonyl (C=O) groups excluding carboxylic acids is 1. The van der Waals surface area contributed by atoms with Gasteiger partial charge in [-0.05, 0) is 29.9 Å². The van der Waals surface area contributed by atoms with Gasteiger partial charge < -0.3 is 20.5 Å². The van der Waals surface area contributed by atoms with Gasteiger partial charge in [-0.25, -0.2) is 14.8 Å². The molecule has 34 heavy (non-hydrogen) atoms. The first-order valence-corrected chi connectivity index (χ1v) is 11.9. The van der Waals surface area contributed by atoms with Gasteiger partial charge in [0, 0.05) is 35.5 Å². The number of nitrogens with two attached hydrogens (primary N) is 1. The number of primary amides is 1. The lowest BCUT2D eigenvalue weighted by atomic mass is 9.93. The van der Waals surface area contributed by atoms with Crippen LogP contribution in [0.2, 0.25) is 0 Å². The monoisotopic (exact) mass is 477 g/mol. The Labute approximate surface area is 201 Å². The SMILES string of the molecule is Cc1nc(-c2ccc3ccnc(NC4CN(C(N)=O)C4c4nc(C)c(C(C)(C)C)s4)c3c2)no1. The number of carbonyl (C=O) groups is 1. The molecule has 5 rings (SSSR count). The van der Waals surface area contributed by atoms with Crippen LogP contribution in [0.5, 0.6) is 0 Å². The third-order valence-electron chi connectivity index (χ3n) is 6.01. The third kappa shape index (κ3) is 3.87. The van der Waals surface area contributed by atoms with E-state index in [4.69, 9.17) is 15.2 Å². The fourth-order valence-corrected chi connectivity index (χ4v) is 5.72. The molecule has 3 N–H and O–H groups in total. The molecule has 4 heterocycles. The number of likely N-dealkylation sites (tertiary alicyclic amines) is 1. The molecule has 1 aliphatic rings. The Morgan fingerprint density at radius 1 is 1.24 bits per heavy atom. The Balaban J connectivity index is 1.49. The van der Waals surface area contributed by atoms with E-state index in [9.17, 15) is 4.79 Å². The van der Waals surface area contributed by atoms with Crippen molar-refractivity contribution in [3.63, 3.8) is 0 Å². The van der Waals surface area contributed by atoms with Crippen LogP contribution in [0.1, 0.15) is 48.3 Å². The molecule has 2 atom stereocenters. The van der Waals surface area contributed by atoms with Gasteiger partial charge in [0.15, 0.2) is 0 Å². The van der Waals surface area contributed by atoms with E-state index >= 15 is 0 Å². The number of rotatable bonds is 4. The number of nitrogens with zero attached hydrogens (tertiary/aromatic N) is 5. The summed E-state index contributed by atoms with van der Waals surface area (Å²) >= 11 is 1.64. The second-order valence-corrected chi connectivity index (χ2v) is 10.7. The van der Waals surface area contributed by atoms with Crippen molar-refractivity contribution in [3.05, 3.63) is 51.9 Å². The molecule has 0 radical (unpaired) electrons. The number of pyridine rings is 1. The maximum Gasteiger partial charge on any atom is 0.315 e. The van der Waals surface area contributed by atoms with Gasteiger partial charge in [-0.2, -0.15) is 4.98 Å². The van der Waals surface area contributed by atoms with Crippen molar-refractivity contribution < 1.29 is 9.32 Å². The molecule has 0 bridgehead atoms. The van der Waals surface area contributed by atoms with Gasteiger partial charge in [-0.15, -0.1) is 11.3 Å². The lowest BCUT2D eigenvalue weighted by Gasteiger charge is -2.46. The molecule has 10 heteroatoms. The van der Waals surface area contributed by atoms with Crippen molar-refractivity contribution in [2.75, 3.05) is 11.9 Å². The average molecular weight is 478 g/mol. The van der Waals surface area contributed by atoms with Gasteiger partial charge in [0.2, 0.25) is 11.7 Å². The van der Waals surface area contributed by atoms with Crippen LogP contribution in [-0.4, -0.2) is 43.6 Å². The molecule has 1 saturated heterocycles. The number of fused-ring (bicyclic) bond motifs is 1. The quantitative estimate of drug-likeness (QED) is 0.441. The summed E-state index contributed by atoms with van der Waals surface area (Å²) in [5.74, 6) is 1.77. The summed E-state index contributed by atoms with van der Waals surface area (Å²) in [4.78, 5) is 28.7. The number of anilines is 1. The van der Waals surface area contributed by atoms with Crippen LogP contribution in [0.15, 0.2) is 35.0 Å². The summed E-state index contributed by atoms with van der Waals surface area (Å²) in [6.07, 6.45) is 1.77. The Bertz CT molecular complexity index is 1390. The number of benzene rings is 1. The van der Waals surface area contributed by atoms with Crippen LogP contribution in [0.3, 0.4) is 0 Å². The van der Waals surface area contributed by atoms with Crippen LogP contribution in [0.25, 0.3) is 22.2 Å². The fraction of sp³-hybridized carbons (Fsp3) is 0.375. The smallest absolute Gasteiger partial charge is 0.315 e. The number of thiazole rings is 1. The first kappa shape index (κ1) is 22.3. The van der Waals surface area contributed by atoms with Gasteiger partial charge in [0.1, 0.15) is 16.9 Å². The zero-order valence-corrected chi connectivity index (χ0v) is 20.6. The summed E-state index contributed by atoms with van der Waals surface area (Å²) in [6.45, 7) is 10.8. The zero-order chi connectivity index (χ0) is 24.2. The van der Waals surface area contributed by atoms with Gasteiger partial charge in [-0.3, -0.25) is 0 Å². The van der Waals surface area contributed by atoms with Crippen LogP contribution < -0.4 is 11.1 Å². The minimum absolute atomic E-state index is 0.0225. The van der Waals surface area contributed by atoms with Crippen LogP contribution in [0.4, 0.5) is 10.6 Å². The average Bonchev–Trinajstić information content (AvgIpc) is 3.35. The molecule has 1 aliphatic heterocycles. The molecule has 2 unspecified atom stereocenters. The van der Waals surface area contributed by atoms with Crippen molar-refractivity contribution in [3.8, 4) is 11.4 Å². The minimum Gasteiger partial charge on any atom is -0.363 e. The lowest BCUT2D eigenvalue weighted by molar-refractivity contribution is 0.107. The second kappa shape index (κ2) is 8.05. The van der Waals surface area contributed by atoms with Gasteiger partial charge in [0.25, 0.3) is 0 Å².